The monoisotopic (exact) mass is 185 g/mol. The van der Waals surface area contributed by atoms with Gasteiger partial charge in [0.2, 0.25) is 0 Å². The van der Waals surface area contributed by atoms with E-state index in [2.05, 4.69) is 18.4 Å². The molecule has 0 radical (unpaired) electrons. The normalized spacial score (nSPS) is 27.2. The highest BCUT2D eigenvalue weighted by molar-refractivity contribution is 5.03. The van der Waals surface area contributed by atoms with Gasteiger partial charge in [-0.3, -0.25) is 4.90 Å². The van der Waals surface area contributed by atoms with Crippen LogP contribution in [-0.4, -0.2) is 48.5 Å². The van der Waals surface area contributed by atoms with Crippen molar-refractivity contribution in [3.05, 3.63) is 12.2 Å². The van der Waals surface area contributed by atoms with Crippen LogP contribution in [0.15, 0.2) is 12.2 Å². The minimum absolute atomic E-state index is 0.103. The van der Waals surface area contributed by atoms with E-state index in [0.717, 1.165) is 25.3 Å². The van der Waals surface area contributed by atoms with Crippen LogP contribution in [0.25, 0.3) is 0 Å². The van der Waals surface area contributed by atoms with E-state index < -0.39 is 0 Å². The minimum atomic E-state index is 0.103. The number of hydrogen-bond donors (Lipinski definition) is 1. The highest BCUT2D eigenvalue weighted by Gasteiger charge is 2.23. The molecule has 1 N–H and O–H groups in total. The van der Waals surface area contributed by atoms with Crippen LogP contribution < -0.4 is 0 Å². The number of aliphatic hydroxyl groups is 1. The second kappa shape index (κ2) is 4.74. The smallest absolute Gasteiger partial charge is 0.0674 e. The molecule has 1 heterocycles. The van der Waals surface area contributed by atoms with Crippen LogP contribution in [0.4, 0.5) is 0 Å². The summed E-state index contributed by atoms with van der Waals surface area (Å²) in [5.41, 5.74) is 1.02. The molecule has 1 saturated heterocycles. The van der Waals surface area contributed by atoms with Gasteiger partial charge in [0.15, 0.2) is 0 Å². The zero-order chi connectivity index (χ0) is 9.84. The van der Waals surface area contributed by atoms with Crippen LogP contribution in [-0.2, 0) is 4.74 Å². The molecular weight excluding hydrogens is 166 g/mol. The Kier molecular flexibility index (Phi) is 3.90. The molecule has 0 amide bonds. The molecule has 0 saturated carbocycles. The van der Waals surface area contributed by atoms with Gasteiger partial charge in [-0.05, 0) is 13.8 Å². The number of hydrogen-bond acceptors (Lipinski definition) is 3. The van der Waals surface area contributed by atoms with Crippen molar-refractivity contribution in [2.45, 2.75) is 26.0 Å². The van der Waals surface area contributed by atoms with Crippen molar-refractivity contribution in [2.24, 2.45) is 0 Å². The van der Waals surface area contributed by atoms with Crippen molar-refractivity contribution in [1.82, 2.24) is 4.90 Å². The van der Waals surface area contributed by atoms with E-state index in [4.69, 9.17) is 4.74 Å². The van der Waals surface area contributed by atoms with Crippen LogP contribution in [0.2, 0.25) is 0 Å². The van der Waals surface area contributed by atoms with Gasteiger partial charge in [-0.15, -0.1) is 0 Å². The molecule has 1 aliphatic heterocycles. The van der Waals surface area contributed by atoms with E-state index in [1.54, 1.807) is 0 Å². The van der Waals surface area contributed by atoms with E-state index in [9.17, 15) is 5.11 Å². The Labute approximate surface area is 80.0 Å². The maximum absolute atomic E-state index is 9.19. The van der Waals surface area contributed by atoms with E-state index in [0.29, 0.717) is 0 Å². The van der Waals surface area contributed by atoms with Gasteiger partial charge in [0.25, 0.3) is 0 Å². The quantitative estimate of drug-likeness (QED) is 0.655. The largest absolute Gasteiger partial charge is 0.394 e. The summed E-state index contributed by atoms with van der Waals surface area (Å²) in [7, 11) is 0. The van der Waals surface area contributed by atoms with Crippen LogP contribution in [0.3, 0.4) is 0 Å². The second-order valence-corrected chi connectivity index (χ2v) is 3.72. The van der Waals surface area contributed by atoms with Crippen LogP contribution in [0.5, 0.6) is 0 Å². The fraction of sp³-hybridized carbons (Fsp3) is 0.800. The Morgan fingerprint density at radius 2 is 2.46 bits per heavy atom. The van der Waals surface area contributed by atoms with Crippen molar-refractivity contribution in [3.8, 4) is 0 Å². The lowest BCUT2D eigenvalue weighted by Gasteiger charge is -2.36. The van der Waals surface area contributed by atoms with Crippen LogP contribution >= 0.6 is 0 Å². The summed E-state index contributed by atoms with van der Waals surface area (Å²) in [4.78, 5) is 2.23. The first kappa shape index (κ1) is 10.7. The molecule has 13 heavy (non-hydrogen) atoms. The minimum Gasteiger partial charge on any atom is -0.394 e. The predicted octanol–water partition coefficient (Wildman–Crippen LogP) is 0.644. The maximum Gasteiger partial charge on any atom is 0.0674 e. The van der Waals surface area contributed by atoms with Gasteiger partial charge in [0.1, 0.15) is 0 Å². The lowest BCUT2D eigenvalue weighted by molar-refractivity contribution is -0.0357. The predicted molar refractivity (Wildman–Crippen MR) is 52.7 cm³/mol. The average molecular weight is 185 g/mol. The van der Waals surface area contributed by atoms with Crippen molar-refractivity contribution < 1.29 is 9.84 Å². The Balaban J connectivity index is 2.52. The molecule has 1 fully saturated rings. The first-order chi connectivity index (χ1) is 6.15. The molecule has 0 bridgehead atoms. The number of aliphatic hydroxyl groups excluding tert-OH is 1. The SMILES string of the molecule is C=C(C)C(CO)N1CCO[C@@H](C)C1. The summed E-state index contributed by atoms with van der Waals surface area (Å²) >= 11 is 0. The Hall–Kier alpha value is -0.380. The van der Waals surface area contributed by atoms with Gasteiger partial charge in [-0.2, -0.15) is 0 Å². The molecule has 0 aliphatic carbocycles. The third kappa shape index (κ3) is 2.79. The lowest BCUT2D eigenvalue weighted by Crippen LogP contribution is -2.48. The zero-order valence-electron chi connectivity index (χ0n) is 8.49. The molecule has 3 nitrogen and oxygen atoms in total. The third-order valence-electron chi connectivity index (χ3n) is 2.46. The first-order valence-electron chi connectivity index (χ1n) is 4.77. The number of nitrogens with zero attached hydrogens (tertiary/aromatic N) is 1. The fourth-order valence-electron chi connectivity index (χ4n) is 1.71. The molecule has 0 aromatic rings. The molecule has 2 atom stereocenters. The summed E-state index contributed by atoms with van der Waals surface area (Å²) in [5.74, 6) is 0. The molecule has 3 heteroatoms. The fourth-order valence-corrected chi connectivity index (χ4v) is 1.71. The van der Waals surface area contributed by atoms with Gasteiger partial charge in [0.05, 0.1) is 25.4 Å². The summed E-state index contributed by atoms with van der Waals surface area (Å²) < 4.78 is 5.43. The summed E-state index contributed by atoms with van der Waals surface area (Å²) in [6, 6.07) is 0.103. The van der Waals surface area contributed by atoms with Crippen molar-refractivity contribution in [1.29, 1.82) is 0 Å². The van der Waals surface area contributed by atoms with Crippen molar-refractivity contribution >= 4 is 0 Å². The summed E-state index contributed by atoms with van der Waals surface area (Å²) in [6.45, 7) is 10.6. The number of rotatable bonds is 3. The van der Waals surface area contributed by atoms with E-state index >= 15 is 0 Å². The van der Waals surface area contributed by atoms with E-state index in [1.807, 2.05) is 6.92 Å². The Bertz CT molecular complexity index is 182. The molecule has 1 unspecified atom stereocenters. The topological polar surface area (TPSA) is 32.7 Å². The lowest BCUT2D eigenvalue weighted by atomic mass is 10.1. The van der Waals surface area contributed by atoms with Gasteiger partial charge >= 0.3 is 0 Å². The molecular formula is C10H19NO2. The van der Waals surface area contributed by atoms with Gasteiger partial charge in [0, 0.05) is 13.1 Å². The molecule has 0 aromatic carbocycles. The molecule has 1 aliphatic rings. The molecule has 0 aromatic heterocycles. The molecule has 1 rings (SSSR count). The Morgan fingerprint density at radius 1 is 1.77 bits per heavy atom. The second-order valence-electron chi connectivity index (χ2n) is 3.72. The highest BCUT2D eigenvalue weighted by atomic mass is 16.5. The van der Waals surface area contributed by atoms with E-state index in [-0.39, 0.29) is 18.8 Å². The van der Waals surface area contributed by atoms with Crippen molar-refractivity contribution in [2.75, 3.05) is 26.3 Å². The Morgan fingerprint density at radius 3 is 2.92 bits per heavy atom. The standard InChI is InChI=1S/C10H19NO2/c1-8(2)10(7-12)11-4-5-13-9(3)6-11/h9-10,12H,1,4-7H2,2-3H3/t9-,10?/m0/s1. The third-order valence-corrected chi connectivity index (χ3v) is 2.46. The van der Waals surface area contributed by atoms with Gasteiger partial charge < -0.3 is 9.84 Å². The zero-order valence-corrected chi connectivity index (χ0v) is 8.49. The van der Waals surface area contributed by atoms with Crippen LogP contribution in [0.1, 0.15) is 13.8 Å². The summed E-state index contributed by atoms with van der Waals surface area (Å²) in [5, 5.41) is 9.19. The van der Waals surface area contributed by atoms with Crippen LogP contribution in [0, 0.1) is 0 Å². The average Bonchev–Trinajstić information content (AvgIpc) is 2.04. The highest BCUT2D eigenvalue weighted by Crippen LogP contribution is 2.13. The van der Waals surface area contributed by atoms with Gasteiger partial charge in [-0.25, -0.2) is 0 Å². The van der Waals surface area contributed by atoms with Crippen molar-refractivity contribution in [3.63, 3.8) is 0 Å². The molecule has 0 spiro atoms. The van der Waals surface area contributed by atoms with Gasteiger partial charge in [-0.1, -0.05) is 12.2 Å². The maximum atomic E-state index is 9.19. The molecule has 76 valence electrons. The van der Waals surface area contributed by atoms with E-state index in [1.165, 1.54) is 0 Å². The number of morpholine rings is 1. The summed E-state index contributed by atoms with van der Waals surface area (Å²) in [6.07, 6.45) is 0.266. The first-order valence-corrected chi connectivity index (χ1v) is 4.77. The number of ether oxygens (including phenoxy) is 1.